The molecule has 0 fully saturated rings. The van der Waals surface area contributed by atoms with E-state index in [-0.39, 0.29) is 37.7 Å². The number of nitrogens with zero attached hydrogens (tertiary/aromatic N) is 3. The van der Waals surface area contributed by atoms with Crippen LogP contribution in [0.5, 0.6) is 0 Å². The first kappa shape index (κ1) is 22.5. The van der Waals surface area contributed by atoms with Crippen LogP contribution in [0.15, 0.2) is 5.34 Å². The summed E-state index contributed by atoms with van der Waals surface area (Å²) in [5.41, 5.74) is 0. The van der Waals surface area contributed by atoms with Crippen LogP contribution in [0.25, 0.3) is 0 Å². The summed E-state index contributed by atoms with van der Waals surface area (Å²) in [5.74, 6) is 0. The van der Waals surface area contributed by atoms with E-state index in [1.54, 1.807) is 0 Å². The third kappa shape index (κ3) is 666. The van der Waals surface area contributed by atoms with Crippen LogP contribution in [0.4, 0.5) is 0 Å². The molecule has 0 aliphatic rings. The molecule has 0 aromatic heterocycles. The minimum absolute atomic E-state index is 0. The van der Waals surface area contributed by atoms with Gasteiger partial charge in [0, 0.05) is 0 Å². The molecule has 0 rings (SSSR count). The monoisotopic (exact) mass is 211 g/mol. The van der Waals surface area contributed by atoms with Crippen molar-refractivity contribution in [2.24, 2.45) is 5.34 Å². The fourth-order valence-corrected chi connectivity index (χ4v) is 0. The molecule has 0 saturated heterocycles. The largest absolute Gasteiger partial charge is 2.00 e. The van der Waals surface area contributed by atoms with Crippen LogP contribution >= 0.6 is 0 Å². The van der Waals surface area contributed by atoms with Gasteiger partial charge in [-0.1, -0.05) is 0 Å². The van der Waals surface area contributed by atoms with Crippen LogP contribution in [0.1, 0.15) is 0 Å². The molecule has 12 heteroatoms. The zero-order valence-corrected chi connectivity index (χ0v) is 7.56. The molecule has 0 aliphatic heterocycles. The van der Waals surface area contributed by atoms with Gasteiger partial charge in [0.25, 0.3) is 0 Å². The molecule has 0 spiro atoms. The van der Waals surface area contributed by atoms with Gasteiger partial charge in [-0.15, -0.1) is 4.91 Å². The maximum atomic E-state index is 8.25. The van der Waals surface area contributed by atoms with E-state index < -0.39 is 10.2 Å². The summed E-state index contributed by atoms with van der Waals surface area (Å²) in [4.78, 5) is 24.6. The van der Waals surface area contributed by atoms with Crippen molar-refractivity contribution in [3.8, 4) is 0 Å². The zero-order valence-electron chi connectivity index (χ0n) is 5.35. The van der Waals surface area contributed by atoms with Crippen molar-refractivity contribution in [1.29, 1.82) is 0 Å². The molecular formula is HCaN3O8. The van der Waals surface area contributed by atoms with E-state index in [1.807, 2.05) is 0 Å². The number of rotatable bonds is 0. The third-order valence-electron chi connectivity index (χ3n) is 0. The second-order valence-electron chi connectivity index (χ2n) is 0.529. The van der Waals surface area contributed by atoms with E-state index in [2.05, 4.69) is 0 Å². The standard InChI is InChI=1S/Ca.2NO3.HNO2/c;2*2-1(3)4;2-1-3/h;;;(H,2,3)/q+2;2*-1;. The van der Waals surface area contributed by atoms with Crippen molar-refractivity contribution in [2.45, 2.75) is 0 Å². The van der Waals surface area contributed by atoms with Crippen LogP contribution in [-0.4, -0.2) is 53.1 Å². The van der Waals surface area contributed by atoms with Gasteiger partial charge in [-0.25, -0.2) is 0 Å². The van der Waals surface area contributed by atoms with Crippen molar-refractivity contribution in [3.63, 3.8) is 0 Å². The fraction of sp³-hybridized carbons (Fsp3) is 0. The first-order valence-corrected chi connectivity index (χ1v) is 1.48. The smallest absolute Gasteiger partial charge is 0.379 e. The predicted octanol–water partition coefficient (Wildman–Crippen LogP) is -0.717. The van der Waals surface area contributed by atoms with Crippen molar-refractivity contribution in [1.82, 2.24) is 0 Å². The molecule has 0 aromatic rings. The van der Waals surface area contributed by atoms with E-state index in [1.165, 1.54) is 5.34 Å². The molecule has 0 aromatic carbocycles. The molecule has 12 heavy (non-hydrogen) atoms. The molecule has 0 radical (unpaired) electrons. The van der Waals surface area contributed by atoms with E-state index in [9.17, 15) is 0 Å². The van der Waals surface area contributed by atoms with Crippen LogP contribution in [0.2, 0.25) is 0 Å². The Kier molecular flexibility index (Phi) is 42.1. The Bertz CT molecular complexity index is 101. The van der Waals surface area contributed by atoms with Gasteiger partial charge in [0.2, 0.25) is 0 Å². The second-order valence-corrected chi connectivity index (χ2v) is 0.529. The van der Waals surface area contributed by atoms with E-state index in [0.29, 0.717) is 0 Å². The Hall–Kier alpha value is -0.940. The SMILES string of the molecule is O=NO.O=[N+]([O-])[O-].O=[N+]([O-])[O-].[Ca+2]. The molecule has 66 valence electrons. The first-order valence-electron chi connectivity index (χ1n) is 1.48. The van der Waals surface area contributed by atoms with Crippen LogP contribution < -0.4 is 0 Å². The topological polar surface area (TPSA) is 182 Å². The summed E-state index contributed by atoms with van der Waals surface area (Å²) < 4.78 is 0. The fourth-order valence-electron chi connectivity index (χ4n) is 0. The molecule has 0 atom stereocenters. The summed E-state index contributed by atoms with van der Waals surface area (Å²) in [5, 5.41) is 37.4. The van der Waals surface area contributed by atoms with Gasteiger partial charge in [0.15, 0.2) is 5.34 Å². The maximum absolute atomic E-state index is 8.25. The van der Waals surface area contributed by atoms with Crippen molar-refractivity contribution < 1.29 is 15.4 Å². The normalized spacial score (nSPS) is 5.00. The Morgan fingerprint density at radius 2 is 1.00 bits per heavy atom. The Morgan fingerprint density at radius 3 is 1.00 bits per heavy atom. The van der Waals surface area contributed by atoms with Gasteiger partial charge in [-0.2, -0.15) is 0 Å². The van der Waals surface area contributed by atoms with Crippen LogP contribution in [0.3, 0.4) is 0 Å². The van der Waals surface area contributed by atoms with Crippen LogP contribution in [0, 0.1) is 35.6 Å². The summed E-state index contributed by atoms with van der Waals surface area (Å²) >= 11 is 0. The van der Waals surface area contributed by atoms with Crippen molar-refractivity contribution in [2.75, 3.05) is 0 Å². The third-order valence-corrected chi connectivity index (χ3v) is 0. The minimum Gasteiger partial charge on any atom is -0.379 e. The molecule has 0 aliphatic carbocycles. The van der Waals surface area contributed by atoms with Gasteiger partial charge >= 0.3 is 37.7 Å². The number of hydrogen-bond acceptors (Lipinski definition) is 8. The molecular weight excluding hydrogens is 210 g/mol. The second kappa shape index (κ2) is 22.5. The van der Waals surface area contributed by atoms with Gasteiger partial charge < -0.3 is 35.9 Å². The van der Waals surface area contributed by atoms with Crippen molar-refractivity contribution >= 4 is 37.7 Å². The van der Waals surface area contributed by atoms with Gasteiger partial charge in [-0.3, -0.25) is 0 Å². The molecule has 0 bridgehead atoms. The van der Waals surface area contributed by atoms with E-state index >= 15 is 0 Å². The summed E-state index contributed by atoms with van der Waals surface area (Å²) in [6.45, 7) is 0. The van der Waals surface area contributed by atoms with Gasteiger partial charge in [0.05, 0.1) is 10.2 Å². The molecule has 0 unspecified atom stereocenters. The van der Waals surface area contributed by atoms with Gasteiger partial charge in [-0.05, 0) is 0 Å². The zero-order chi connectivity index (χ0) is 9.86. The summed E-state index contributed by atoms with van der Waals surface area (Å²) in [6, 6.07) is 0. The molecule has 0 heterocycles. The van der Waals surface area contributed by atoms with Crippen molar-refractivity contribution in [3.05, 3.63) is 35.6 Å². The van der Waals surface area contributed by atoms with E-state index in [0.717, 1.165) is 0 Å². The molecule has 0 saturated carbocycles. The average Bonchev–Trinajstić information content (AvgIpc) is 1.60. The maximum Gasteiger partial charge on any atom is 2.00 e. The first-order chi connectivity index (χ1) is 4.88. The average molecular weight is 211 g/mol. The Labute approximate surface area is 93.7 Å². The quantitative estimate of drug-likeness (QED) is 0.235. The molecule has 0 amide bonds. The van der Waals surface area contributed by atoms with Crippen LogP contribution in [-0.2, 0) is 0 Å². The number of hydrogen-bond donors (Lipinski definition) is 1. The minimum atomic E-state index is -1.75. The molecule has 11 nitrogen and oxygen atoms in total. The predicted molar refractivity (Wildman–Crippen MR) is 34.1 cm³/mol. The van der Waals surface area contributed by atoms with Gasteiger partial charge in [0.1, 0.15) is 0 Å². The molecule has 1 N–H and O–H groups in total. The Balaban J connectivity index is -0.0000000389. The van der Waals surface area contributed by atoms with E-state index in [4.69, 9.17) is 40.8 Å². The summed E-state index contributed by atoms with van der Waals surface area (Å²) in [7, 11) is 0. The summed E-state index contributed by atoms with van der Waals surface area (Å²) in [6.07, 6.45) is 0. The Morgan fingerprint density at radius 1 is 1.00 bits per heavy atom.